The number of methoxy groups -OCH3 is 1. The highest BCUT2D eigenvalue weighted by Gasteiger charge is 2.21. The van der Waals surface area contributed by atoms with Crippen molar-refractivity contribution < 1.29 is 22.7 Å². The van der Waals surface area contributed by atoms with Crippen molar-refractivity contribution in [2.45, 2.75) is 11.4 Å². The van der Waals surface area contributed by atoms with Gasteiger partial charge in [0.1, 0.15) is 0 Å². The standard InChI is InChI=1S/C24H25N3O5S2/c1-27(16-18-8-4-3-5-9-18)34(29,30)20-14-12-19(13-15-20)25-24(33)26-23(28)17-32-22-11-7-6-10-21(22)31-2/h3-15H,16-17H2,1-2H3,(H2,25,26,28,33). The number of hydrogen-bond donors (Lipinski definition) is 2. The summed E-state index contributed by atoms with van der Waals surface area (Å²) in [7, 11) is -0.618. The van der Waals surface area contributed by atoms with E-state index in [-0.39, 0.29) is 23.2 Å². The summed E-state index contributed by atoms with van der Waals surface area (Å²) in [6.45, 7) is 0.00332. The third-order valence-electron chi connectivity index (χ3n) is 4.75. The van der Waals surface area contributed by atoms with Gasteiger partial charge in [0.25, 0.3) is 5.91 Å². The molecule has 0 aliphatic rings. The van der Waals surface area contributed by atoms with Crippen LogP contribution < -0.4 is 20.1 Å². The number of sulfonamides is 1. The first-order valence-electron chi connectivity index (χ1n) is 10.3. The third-order valence-corrected chi connectivity index (χ3v) is 6.77. The van der Waals surface area contributed by atoms with Crippen LogP contribution in [0.2, 0.25) is 0 Å². The maximum absolute atomic E-state index is 12.9. The number of benzene rings is 3. The normalized spacial score (nSPS) is 11.0. The lowest BCUT2D eigenvalue weighted by molar-refractivity contribution is -0.121. The molecule has 0 fully saturated rings. The molecular weight excluding hydrogens is 474 g/mol. The molecule has 0 saturated carbocycles. The second-order valence-corrected chi connectivity index (χ2v) is 9.67. The van der Waals surface area contributed by atoms with Crippen LogP contribution in [0.1, 0.15) is 5.56 Å². The largest absolute Gasteiger partial charge is 0.493 e. The average molecular weight is 500 g/mol. The van der Waals surface area contributed by atoms with Crippen molar-refractivity contribution in [1.82, 2.24) is 9.62 Å². The zero-order chi connectivity index (χ0) is 24.6. The topological polar surface area (TPSA) is 97.0 Å². The fraction of sp³-hybridized carbons (Fsp3) is 0.167. The fourth-order valence-electron chi connectivity index (χ4n) is 3.02. The van der Waals surface area contributed by atoms with Crippen LogP contribution in [-0.4, -0.2) is 44.5 Å². The van der Waals surface area contributed by atoms with Crippen molar-refractivity contribution >= 4 is 38.9 Å². The quantitative estimate of drug-likeness (QED) is 0.436. The third kappa shape index (κ3) is 6.77. The van der Waals surface area contributed by atoms with Crippen LogP contribution in [0, 0.1) is 0 Å². The summed E-state index contributed by atoms with van der Waals surface area (Å²) in [5.74, 6) is 0.499. The number of carbonyl (C=O) groups is 1. The summed E-state index contributed by atoms with van der Waals surface area (Å²) in [6.07, 6.45) is 0. The molecule has 1 amide bonds. The van der Waals surface area contributed by atoms with Gasteiger partial charge >= 0.3 is 0 Å². The molecule has 3 aromatic rings. The molecule has 3 rings (SSSR count). The maximum atomic E-state index is 12.9. The van der Waals surface area contributed by atoms with Gasteiger partial charge in [-0.15, -0.1) is 0 Å². The van der Waals surface area contributed by atoms with Crippen molar-refractivity contribution in [3.05, 3.63) is 84.4 Å². The minimum absolute atomic E-state index is 0.0606. The highest BCUT2D eigenvalue weighted by atomic mass is 32.2. The Morgan fingerprint density at radius 3 is 2.21 bits per heavy atom. The van der Waals surface area contributed by atoms with E-state index < -0.39 is 15.9 Å². The molecule has 0 atom stereocenters. The predicted molar refractivity (Wildman–Crippen MR) is 134 cm³/mol. The van der Waals surface area contributed by atoms with Crippen LogP contribution in [0.5, 0.6) is 11.5 Å². The van der Waals surface area contributed by atoms with E-state index in [0.717, 1.165) is 5.56 Å². The van der Waals surface area contributed by atoms with Gasteiger partial charge in [-0.05, 0) is 54.2 Å². The van der Waals surface area contributed by atoms with E-state index in [0.29, 0.717) is 17.2 Å². The van der Waals surface area contributed by atoms with Crippen molar-refractivity contribution in [2.75, 3.05) is 26.1 Å². The number of carbonyl (C=O) groups excluding carboxylic acids is 1. The molecule has 2 N–H and O–H groups in total. The number of anilines is 1. The summed E-state index contributed by atoms with van der Waals surface area (Å²) >= 11 is 5.16. The highest BCUT2D eigenvalue weighted by molar-refractivity contribution is 7.89. The molecule has 8 nitrogen and oxygen atoms in total. The van der Waals surface area contributed by atoms with Gasteiger partial charge in [0.05, 0.1) is 12.0 Å². The van der Waals surface area contributed by atoms with E-state index in [9.17, 15) is 13.2 Å². The molecule has 0 aliphatic carbocycles. The van der Waals surface area contributed by atoms with Gasteiger partial charge < -0.3 is 14.8 Å². The molecule has 10 heteroatoms. The number of rotatable bonds is 9. The lowest BCUT2D eigenvalue weighted by Gasteiger charge is -2.18. The first-order valence-corrected chi connectivity index (χ1v) is 12.1. The van der Waals surface area contributed by atoms with Crippen LogP contribution in [0.4, 0.5) is 5.69 Å². The highest BCUT2D eigenvalue weighted by Crippen LogP contribution is 2.25. The van der Waals surface area contributed by atoms with Crippen molar-refractivity contribution in [1.29, 1.82) is 0 Å². The van der Waals surface area contributed by atoms with Gasteiger partial charge in [0, 0.05) is 19.3 Å². The van der Waals surface area contributed by atoms with Gasteiger partial charge in [0.2, 0.25) is 10.0 Å². The van der Waals surface area contributed by atoms with Crippen molar-refractivity contribution in [3.8, 4) is 11.5 Å². The zero-order valence-electron chi connectivity index (χ0n) is 18.7. The molecule has 0 saturated heterocycles. The lowest BCUT2D eigenvalue weighted by atomic mass is 10.2. The molecule has 0 heterocycles. The summed E-state index contributed by atoms with van der Waals surface area (Å²) in [5.41, 5.74) is 1.42. The molecule has 178 valence electrons. The number of thiocarbonyl (C=S) groups is 1. The number of amides is 1. The number of ether oxygens (including phenoxy) is 2. The Kier molecular flexibility index (Phi) is 8.58. The van der Waals surface area contributed by atoms with Crippen LogP contribution >= 0.6 is 12.2 Å². The number of para-hydroxylation sites is 2. The Balaban J connectivity index is 1.53. The predicted octanol–water partition coefficient (Wildman–Crippen LogP) is 3.41. The minimum Gasteiger partial charge on any atom is -0.493 e. The molecule has 0 aliphatic heterocycles. The van der Waals surface area contributed by atoms with E-state index >= 15 is 0 Å². The van der Waals surface area contributed by atoms with E-state index in [2.05, 4.69) is 10.6 Å². The Morgan fingerprint density at radius 1 is 0.941 bits per heavy atom. The second kappa shape index (κ2) is 11.6. The monoisotopic (exact) mass is 499 g/mol. The SMILES string of the molecule is COc1ccccc1OCC(=O)NC(=S)Nc1ccc(S(=O)(=O)N(C)Cc2ccccc2)cc1. The summed E-state index contributed by atoms with van der Waals surface area (Å²) in [5, 5.41) is 5.43. The van der Waals surface area contributed by atoms with Gasteiger partial charge in [-0.25, -0.2) is 8.42 Å². The number of hydrogen-bond acceptors (Lipinski definition) is 6. The number of nitrogens with one attached hydrogen (secondary N) is 2. The average Bonchev–Trinajstić information content (AvgIpc) is 2.83. The van der Waals surface area contributed by atoms with Gasteiger partial charge in [-0.2, -0.15) is 4.31 Å². The van der Waals surface area contributed by atoms with Crippen LogP contribution in [-0.2, 0) is 21.4 Å². The maximum Gasteiger partial charge on any atom is 0.264 e. The van der Waals surface area contributed by atoms with E-state index in [1.807, 2.05) is 30.3 Å². The Bertz CT molecular complexity index is 1230. The fourth-order valence-corrected chi connectivity index (χ4v) is 4.41. The van der Waals surface area contributed by atoms with Gasteiger partial charge in [0.15, 0.2) is 23.2 Å². The lowest BCUT2D eigenvalue weighted by Crippen LogP contribution is -2.37. The van der Waals surface area contributed by atoms with Gasteiger partial charge in [-0.1, -0.05) is 42.5 Å². The summed E-state index contributed by atoms with van der Waals surface area (Å²) in [4.78, 5) is 12.3. The zero-order valence-corrected chi connectivity index (χ0v) is 20.4. The Labute approximate surface area is 204 Å². The van der Waals surface area contributed by atoms with Crippen molar-refractivity contribution in [2.24, 2.45) is 0 Å². The molecular formula is C24H25N3O5S2. The molecule has 34 heavy (non-hydrogen) atoms. The molecule has 0 bridgehead atoms. The minimum atomic E-state index is -3.66. The summed E-state index contributed by atoms with van der Waals surface area (Å²) in [6, 6.07) is 22.4. The van der Waals surface area contributed by atoms with Crippen LogP contribution in [0.3, 0.4) is 0 Å². The number of nitrogens with zero attached hydrogens (tertiary/aromatic N) is 1. The van der Waals surface area contributed by atoms with Crippen LogP contribution in [0.25, 0.3) is 0 Å². The molecule has 0 radical (unpaired) electrons. The van der Waals surface area contributed by atoms with Crippen LogP contribution in [0.15, 0.2) is 83.8 Å². The molecule has 0 aromatic heterocycles. The Morgan fingerprint density at radius 2 is 1.56 bits per heavy atom. The molecule has 3 aromatic carbocycles. The van der Waals surface area contributed by atoms with E-state index in [4.69, 9.17) is 21.7 Å². The second-order valence-electron chi connectivity index (χ2n) is 7.21. The van der Waals surface area contributed by atoms with Gasteiger partial charge in [-0.3, -0.25) is 10.1 Å². The smallest absolute Gasteiger partial charge is 0.264 e. The first kappa shape index (κ1) is 25.2. The van der Waals surface area contributed by atoms with E-state index in [1.54, 1.807) is 36.4 Å². The van der Waals surface area contributed by atoms with E-state index in [1.165, 1.54) is 30.6 Å². The molecule has 0 spiro atoms. The van der Waals surface area contributed by atoms with Crippen molar-refractivity contribution in [3.63, 3.8) is 0 Å². The Hall–Kier alpha value is -3.47. The molecule has 0 unspecified atom stereocenters. The summed E-state index contributed by atoms with van der Waals surface area (Å²) < 4.78 is 37.6. The first-order chi connectivity index (χ1) is 16.3.